The van der Waals surface area contributed by atoms with Gasteiger partial charge >= 0.3 is 0 Å². The molecule has 0 bridgehead atoms. The minimum absolute atomic E-state index is 0.0220. The van der Waals surface area contributed by atoms with Gasteiger partial charge in [0, 0.05) is 102 Å². The highest BCUT2D eigenvalue weighted by Crippen LogP contribution is 2.49. The minimum atomic E-state index is -0.0245. The molecule has 19 rings (SSSR count). The first-order valence-electron chi connectivity index (χ1n) is 31.8. The second kappa shape index (κ2) is 20.8. The summed E-state index contributed by atoms with van der Waals surface area (Å²) in [6, 6.07) is 126. The van der Waals surface area contributed by atoms with Gasteiger partial charge in [0.15, 0.2) is 0 Å². The molecular formula is C84H56B2N6. The fourth-order valence-corrected chi connectivity index (χ4v) is 15.7. The molecule has 0 aliphatic carbocycles. The van der Waals surface area contributed by atoms with Crippen LogP contribution in [-0.4, -0.2) is 18.0 Å². The van der Waals surface area contributed by atoms with Crippen LogP contribution in [0.4, 0.5) is 85.3 Å². The Labute approximate surface area is 535 Å². The van der Waals surface area contributed by atoms with E-state index in [1.807, 2.05) is 0 Å². The van der Waals surface area contributed by atoms with Crippen LogP contribution in [0.2, 0.25) is 0 Å². The summed E-state index contributed by atoms with van der Waals surface area (Å²) in [4.78, 5) is 12.4. The Bertz CT molecular complexity index is 5350. The van der Waals surface area contributed by atoms with Crippen molar-refractivity contribution >= 4 is 153 Å². The topological polar surface area (TPSA) is 21.1 Å². The zero-order chi connectivity index (χ0) is 60.4. The third kappa shape index (κ3) is 7.90. The summed E-state index contributed by atoms with van der Waals surface area (Å²) in [6.07, 6.45) is 0. The van der Waals surface area contributed by atoms with Crippen LogP contribution in [0, 0.1) is 0 Å². The molecule has 92 heavy (non-hydrogen) atoms. The Balaban J connectivity index is 0.815. The van der Waals surface area contributed by atoms with E-state index in [4.69, 9.17) is 0 Å². The molecule has 0 saturated carbocycles. The maximum absolute atomic E-state index is 2.54. The maximum Gasteiger partial charge on any atom is 0.252 e. The molecule has 428 valence electrons. The largest absolute Gasteiger partial charge is 0.311 e. The predicted molar refractivity (Wildman–Crippen MR) is 389 cm³/mol. The van der Waals surface area contributed by atoms with Crippen molar-refractivity contribution in [2.75, 3.05) is 24.5 Å². The van der Waals surface area contributed by atoms with Gasteiger partial charge in [-0.05, 0) is 189 Å². The van der Waals surface area contributed by atoms with Gasteiger partial charge in [-0.1, -0.05) is 194 Å². The van der Waals surface area contributed by atoms with Gasteiger partial charge in [0.2, 0.25) is 0 Å². The van der Waals surface area contributed by atoms with Crippen LogP contribution in [0.25, 0.3) is 38.6 Å². The third-order valence-corrected chi connectivity index (χ3v) is 19.5. The zero-order valence-corrected chi connectivity index (χ0v) is 50.2. The summed E-state index contributed by atoms with van der Waals surface area (Å²) in [6.45, 7) is -0.0465. The van der Waals surface area contributed by atoms with Gasteiger partial charge in [0.1, 0.15) is 0 Å². The van der Waals surface area contributed by atoms with Gasteiger partial charge in [-0.15, -0.1) is 0 Å². The molecule has 0 N–H and O–H groups in total. The van der Waals surface area contributed by atoms with Gasteiger partial charge in [-0.25, -0.2) is 0 Å². The van der Waals surface area contributed by atoms with Crippen molar-refractivity contribution in [1.29, 1.82) is 0 Å². The number of rotatable bonds is 9. The summed E-state index contributed by atoms with van der Waals surface area (Å²) in [5, 5.41) is 2.42. The average Bonchev–Trinajstić information content (AvgIpc) is 0.963. The lowest BCUT2D eigenvalue weighted by atomic mass is 9.33. The SMILES string of the molecule is c1ccc(N(c2ccccc2)c2ccc3c(c2)N(c2cccc(-c4ccc5c6cc7c(cc6n(-c6ccccc6)c5c4)N(c4ccccc4)c4cccc5c4B7c4ccccc4N5c4ccccc4)c2)c2cccc4c2B3c2ccccc2N4c2ccccc2)cc1. The van der Waals surface area contributed by atoms with E-state index in [9.17, 15) is 0 Å². The minimum Gasteiger partial charge on any atom is -0.311 e. The van der Waals surface area contributed by atoms with E-state index in [1.54, 1.807) is 0 Å². The van der Waals surface area contributed by atoms with E-state index in [0.29, 0.717) is 0 Å². The highest BCUT2D eigenvalue weighted by Gasteiger charge is 2.45. The summed E-state index contributed by atoms with van der Waals surface area (Å²) in [5.74, 6) is 0. The van der Waals surface area contributed by atoms with Crippen LogP contribution in [0.15, 0.2) is 340 Å². The summed E-state index contributed by atoms with van der Waals surface area (Å²) < 4.78 is 2.50. The second-order valence-electron chi connectivity index (χ2n) is 24.4. The predicted octanol–water partition coefficient (Wildman–Crippen LogP) is 18.1. The average molecular weight is 1170 g/mol. The van der Waals surface area contributed by atoms with E-state index in [-0.39, 0.29) is 13.4 Å². The number of para-hydroxylation sites is 8. The standard InChI is InChI=1S/C84H56B2N6/c1-7-27-59(28-8-1)87(60-29-9-2-10-30-60)66-49-51-71-81(54-66)92(78-47-25-44-75-83(78)85(71)69-40-19-21-42-73(69)88(75)61-31-11-3-12-32-61)65-39-23-26-57(52-65)58-48-50-67-68-55-72-82(56-80(68)91(79(67)53-58)64-37-17-6-18-38-64)90(63-35-15-5-16-36-63)77-46-24-45-76-84(77)86(72)70-41-20-22-43-74(70)89(76)62-33-13-4-14-34-62/h1-56H. The monoisotopic (exact) mass is 1170 g/mol. The molecule has 8 heteroatoms. The van der Waals surface area contributed by atoms with E-state index >= 15 is 0 Å². The number of hydrogen-bond donors (Lipinski definition) is 0. The Morgan fingerprint density at radius 2 is 0.609 bits per heavy atom. The molecule has 15 aromatic rings. The van der Waals surface area contributed by atoms with E-state index in [2.05, 4.69) is 369 Å². The maximum atomic E-state index is 2.54. The summed E-state index contributed by atoms with van der Waals surface area (Å²) >= 11 is 0. The molecule has 4 aliphatic heterocycles. The normalized spacial score (nSPS) is 13.1. The molecule has 1 aromatic heterocycles. The molecule has 0 unspecified atom stereocenters. The highest BCUT2D eigenvalue weighted by molar-refractivity contribution is 7.01. The second-order valence-corrected chi connectivity index (χ2v) is 24.4. The van der Waals surface area contributed by atoms with Crippen molar-refractivity contribution < 1.29 is 0 Å². The molecule has 0 atom stereocenters. The highest BCUT2D eigenvalue weighted by atomic mass is 15.2. The molecule has 14 aromatic carbocycles. The molecule has 0 amide bonds. The number of fused-ring (bicyclic) bond motifs is 11. The smallest absolute Gasteiger partial charge is 0.252 e. The first kappa shape index (κ1) is 52.0. The first-order valence-corrected chi connectivity index (χ1v) is 31.8. The Kier molecular flexibility index (Phi) is 11.8. The number of aromatic nitrogens is 1. The molecule has 5 heterocycles. The van der Waals surface area contributed by atoms with Crippen molar-refractivity contribution in [3.63, 3.8) is 0 Å². The molecule has 0 saturated heterocycles. The van der Waals surface area contributed by atoms with E-state index in [1.165, 1.54) is 77.7 Å². The van der Waals surface area contributed by atoms with Crippen LogP contribution in [0.3, 0.4) is 0 Å². The zero-order valence-electron chi connectivity index (χ0n) is 50.2. The van der Waals surface area contributed by atoms with Gasteiger partial charge in [-0.3, -0.25) is 0 Å². The Morgan fingerprint density at radius 1 is 0.217 bits per heavy atom. The van der Waals surface area contributed by atoms with Crippen molar-refractivity contribution in [3.05, 3.63) is 340 Å². The van der Waals surface area contributed by atoms with Crippen molar-refractivity contribution in [2.45, 2.75) is 0 Å². The van der Waals surface area contributed by atoms with Gasteiger partial charge in [-0.2, -0.15) is 0 Å². The quantitative estimate of drug-likeness (QED) is 0.134. The number of hydrogen-bond acceptors (Lipinski definition) is 5. The lowest BCUT2D eigenvalue weighted by Gasteiger charge is -2.44. The molecular weight excluding hydrogens is 1110 g/mol. The number of anilines is 15. The third-order valence-electron chi connectivity index (χ3n) is 19.5. The van der Waals surface area contributed by atoms with Crippen LogP contribution in [0.1, 0.15) is 0 Å². The fraction of sp³-hybridized carbons (Fsp3) is 0. The summed E-state index contributed by atoms with van der Waals surface area (Å²) in [7, 11) is 0. The van der Waals surface area contributed by atoms with Crippen molar-refractivity contribution in [2.24, 2.45) is 0 Å². The lowest BCUT2D eigenvalue weighted by molar-refractivity contribution is 1.18. The van der Waals surface area contributed by atoms with Crippen molar-refractivity contribution in [1.82, 2.24) is 4.57 Å². The van der Waals surface area contributed by atoms with E-state index in [0.717, 1.165) is 79.0 Å². The fourth-order valence-electron chi connectivity index (χ4n) is 15.7. The molecule has 0 radical (unpaired) electrons. The van der Waals surface area contributed by atoms with Crippen LogP contribution in [-0.2, 0) is 0 Å². The number of benzene rings is 14. The molecule has 6 nitrogen and oxygen atoms in total. The van der Waals surface area contributed by atoms with E-state index < -0.39 is 0 Å². The Hall–Kier alpha value is -12.0. The van der Waals surface area contributed by atoms with Crippen LogP contribution < -0.4 is 57.3 Å². The van der Waals surface area contributed by atoms with Gasteiger partial charge in [0.05, 0.1) is 11.0 Å². The van der Waals surface area contributed by atoms with Crippen LogP contribution in [0.5, 0.6) is 0 Å². The van der Waals surface area contributed by atoms with Gasteiger partial charge < -0.3 is 29.1 Å². The van der Waals surface area contributed by atoms with Crippen molar-refractivity contribution in [3.8, 4) is 16.8 Å². The molecule has 4 aliphatic rings. The van der Waals surface area contributed by atoms with Gasteiger partial charge in [0.25, 0.3) is 13.4 Å². The Morgan fingerprint density at radius 3 is 1.15 bits per heavy atom. The molecule has 0 spiro atoms. The first-order chi connectivity index (χ1) is 45.7. The summed E-state index contributed by atoms with van der Waals surface area (Å²) in [5.41, 5.74) is 30.6. The van der Waals surface area contributed by atoms with Crippen LogP contribution >= 0.6 is 0 Å². The molecule has 0 fully saturated rings. The number of nitrogens with zero attached hydrogens (tertiary/aromatic N) is 6. The lowest BCUT2D eigenvalue weighted by Crippen LogP contribution is -2.61.